The van der Waals surface area contributed by atoms with Crippen LogP contribution in [0.1, 0.15) is 58.4 Å². The van der Waals surface area contributed by atoms with Crippen molar-refractivity contribution in [3.05, 3.63) is 89.5 Å². The van der Waals surface area contributed by atoms with E-state index in [2.05, 4.69) is 29.1 Å². The number of piperazine rings is 1. The van der Waals surface area contributed by atoms with E-state index in [-0.39, 0.29) is 30.7 Å². The average molecular weight is 689 g/mol. The van der Waals surface area contributed by atoms with Gasteiger partial charge in [-0.05, 0) is 74.8 Å². The molecule has 260 valence electrons. The van der Waals surface area contributed by atoms with Crippen molar-refractivity contribution in [1.29, 1.82) is 0 Å². The number of hydrogen-bond acceptors (Lipinski definition) is 8. The minimum atomic E-state index is -3.54. The van der Waals surface area contributed by atoms with Crippen LogP contribution in [-0.4, -0.2) is 95.7 Å². The molecule has 1 N–H and O–H groups in total. The van der Waals surface area contributed by atoms with E-state index in [9.17, 15) is 22.8 Å². The third kappa shape index (κ3) is 11.7. The van der Waals surface area contributed by atoms with Crippen LogP contribution in [0.2, 0.25) is 0 Å². The zero-order valence-electron chi connectivity index (χ0n) is 28.3. The number of hydrogen-bond donors (Lipinski definition) is 1. The Bertz CT molecular complexity index is 1760. The molecule has 0 spiro atoms. The molecule has 1 aliphatic rings. The van der Waals surface area contributed by atoms with E-state index in [0.717, 1.165) is 51.7 Å². The largest absolute Gasteiger partial charge is 0.491 e. The SMILES string of the molecule is CN1CCN(C(=O)CCCCCOc2ccccc2N(C)C(=O)c2ccc(NC(=O)c3ccccc3C#CCCOS(C)(=O)=O)cc2)CC1. The van der Waals surface area contributed by atoms with Gasteiger partial charge in [0.25, 0.3) is 21.9 Å². The topological polar surface area (TPSA) is 126 Å². The van der Waals surface area contributed by atoms with Gasteiger partial charge in [-0.1, -0.05) is 36.1 Å². The number of unbranched alkanes of at least 4 members (excludes halogenated alkanes) is 2. The molecule has 0 bridgehead atoms. The molecular formula is C37H44N4O7S. The lowest BCUT2D eigenvalue weighted by atomic mass is 10.1. The number of amides is 3. The lowest BCUT2D eigenvalue weighted by Gasteiger charge is -2.32. The van der Waals surface area contributed by atoms with Gasteiger partial charge in [0.15, 0.2) is 0 Å². The van der Waals surface area contributed by atoms with Crippen molar-refractivity contribution < 1.29 is 31.7 Å². The van der Waals surface area contributed by atoms with Gasteiger partial charge in [-0.2, -0.15) is 8.42 Å². The average Bonchev–Trinajstić information content (AvgIpc) is 3.09. The van der Waals surface area contributed by atoms with Crippen molar-refractivity contribution >= 4 is 39.2 Å². The molecular weight excluding hydrogens is 644 g/mol. The smallest absolute Gasteiger partial charge is 0.264 e. The predicted octanol–water partition coefficient (Wildman–Crippen LogP) is 4.65. The number of carbonyl (C=O) groups excluding carboxylic acids is 3. The third-order valence-electron chi connectivity index (χ3n) is 7.99. The molecule has 1 aliphatic heterocycles. The summed E-state index contributed by atoms with van der Waals surface area (Å²) in [6, 6.07) is 20.8. The summed E-state index contributed by atoms with van der Waals surface area (Å²) in [6.45, 7) is 3.84. The normalized spacial score (nSPS) is 13.2. The second kappa shape index (κ2) is 18.2. The van der Waals surface area contributed by atoms with Crippen molar-refractivity contribution in [3.8, 4) is 17.6 Å². The first-order valence-corrected chi connectivity index (χ1v) is 18.1. The monoisotopic (exact) mass is 688 g/mol. The van der Waals surface area contributed by atoms with Crippen molar-refractivity contribution in [2.45, 2.75) is 32.1 Å². The Hall–Kier alpha value is -4.70. The van der Waals surface area contributed by atoms with Crippen LogP contribution in [0.3, 0.4) is 0 Å². The lowest BCUT2D eigenvalue weighted by molar-refractivity contribution is -0.132. The van der Waals surface area contributed by atoms with Gasteiger partial charge in [0.2, 0.25) is 5.91 Å². The van der Waals surface area contributed by atoms with Gasteiger partial charge in [-0.15, -0.1) is 0 Å². The number of ether oxygens (including phenoxy) is 1. The summed E-state index contributed by atoms with van der Waals surface area (Å²) in [4.78, 5) is 44.7. The zero-order chi connectivity index (χ0) is 35.2. The molecule has 3 aromatic carbocycles. The molecule has 0 unspecified atom stereocenters. The lowest BCUT2D eigenvalue weighted by Crippen LogP contribution is -2.47. The molecule has 0 atom stereocenters. The maximum atomic E-state index is 13.4. The van der Waals surface area contributed by atoms with Gasteiger partial charge in [0.05, 0.1) is 30.7 Å². The Morgan fingerprint density at radius 3 is 2.31 bits per heavy atom. The Morgan fingerprint density at radius 1 is 0.878 bits per heavy atom. The Balaban J connectivity index is 1.27. The summed E-state index contributed by atoms with van der Waals surface area (Å²) >= 11 is 0. The summed E-state index contributed by atoms with van der Waals surface area (Å²) in [5, 5.41) is 2.84. The van der Waals surface area contributed by atoms with Crippen LogP contribution in [-0.2, 0) is 19.1 Å². The van der Waals surface area contributed by atoms with Gasteiger partial charge in [0, 0.05) is 62.9 Å². The Kier molecular flexibility index (Phi) is 13.8. The van der Waals surface area contributed by atoms with Crippen LogP contribution in [0.4, 0.5) is 11.4 Å². The van der Waals surface area contributed by atoms with Crippen LogP contribution < -0.4 is 15.0 Å². The number of benzene rings is 3. The second-order valence-corrected chi connectivity index (χ2v) is 13.5. The predicted molar refractivity (Wildman–Crippen MR) is 190 cm³/mol. The van der Waals surface area contributed by atoms with E-state index in [1.54, 1.807) is 55.6 Å². The molecule has 12 heteroatoms. The highest BCUT2D eigenvalue weighted by Crippen LogP contribution is 2.29. The Labute approximate surface area is 289 Å². The van der Waals surface area contributed by atoms with E-state index >= 15 is 0 Å². The van der Waals surface area contributed by atoms with Crippen LogP contribution >= 0.6 is 0 Å². The van der Waals surface area contributed by atoms with Gasteiger partial charge < -0.3 is 24.8 Å². The molecule has 49 heavy (non-hydrogen) atoms. The maximum Gasteiger partial charge on any atom is 0.264 e. The Morgan fingerprint density at radius 2 is 1.57 bits per heavy atom. The van der Waals surface area contributed by atoms with Crippen molar-refractivity contribution in [2.75, 3.05) is 70.0 Å². The standard InChI is InChI=1S/C37H44N4O7S/c1-39-23-25-41(26-24-39)35(42)18-5-4-11-27-47-34-17-9-8-16-33(34)40(2)37(44)30-19-21-31(22-20-30)38-36(43)32-15-7-6-13-29(32)14-10-12-28-48-49(3,45)46/h6-9,13,15-17,19-22H,4-5,11-12,18,23-28H2,1-3H3,(H,38,43). The van der Waals surface area contributed by atoms with E-state index in [1.165, 1.54) is 4.90 Å². The minimum absolute atomic E-state index is 0.0685. The number of likely N-dealkylation sites (N-methyl/N-ethyl adjacent to an activating group) is 1. The van der Waals surface area contributed by atoms with E-state index < -0.39 is 10.1 Å². The molecule has 1 heterocycles. The van der Waals surface area contributed by atoms with Crippen molar-refractivity contribution in [3.63, 3.8) is 0 Å². The van der Waals surface area contributed by atoms with Crippen molar-refractivity contribution in [1.82, 2.24) is 9.80 Å². The highest BCUT2D eigenvalue weighted by Gasteiger charge is 2.19. The molecule has 0 aromatic heterocycles. The van der Waals surface area contributed by atoms with E-state index in [1.807, 2.05) is 29.2 Å². The molecule has 3 amide bonds. The minimum Gasteiger partial charge on any atom is -0.491 e. The second-order valence-electron chi connectivity index (χ2n) is 11.8. The van der Waals surface area contributed by atoms with Crippen LogP contribution in [0.5, 0.6) is 5.75 Å². The van der Waals surface area contributed by atoms with Gasteiger partial charge in [0.1, 0.15) is 5.75 Å². The summed E-state index contributed by atoms with van der Waals surface area (Å²) < 4.78 is 33.0. The number of anilines is 2. The molecule has 11 nitrogen and oxygen atoms in total. The molecule has 0 saturated carbocycles. The van der Waals surface area contributed by atoms with Gasteiger partial charge >= 0.3 is 0 Å². The fraction of sp³-hybridized carbons (Fsp3) is 0.378. The highest BCUT2D eigenvalue weighted by atomic mass is 32.2. The van der Waals surface area contributed by atoms with Crippen LogP contribution in [0, 0.1) is 11.8 Å². The molecule has 1 saturated heterocycles. The quantitative estimate of drug-likeness (QED) is 0.148. The first kappa shape index (κ1) is 37.1. The molecule has 4 rings (SSSR count). The fourth-order valence-corrected chi connectivity index (χ4v) is 5.58. The van der Waals surface area contributed by atoms with E-state index in [0.29, 0.717) is 46.8 Å². The van der Waals surface area contributed by atoms with Crippen molar-refractivity contribution in [2.24, 2.45) is 0 Å². The first-order valence-electron chi connectivity index (χ1n) is 16.3. The third-order valence-corrected chi connectivity index (χ3v) is 8.58. The maximum absolute atomic E-state index is 13.4. The number of nitrogens with zero attached hydrogens (tertiary/aromatic N) is 3. The van der Waals surface area contributed by atoms with Crippen LogP contribution in [0.25, 0.3) is 0 Å². The summed E-state index contributed by atoms with van der Waals surface area (Å²) in [5.74, 6) is 5.94. The van der Waals surface area contributed by atoms with E-state index in [4.69, 9.17) is 8.92 Å². The zero-order valence-corrected chi connectivity index (χ0v) is 29.1. The number of carbonyl (C=O) groups is 3. The number of nitrogens with one attached hydrogen (secondary N) is 1. The molecule has 3 aromatic rings. The highest BCUT2D eigenvalue weighted by molar-refractivity contribution is 7.85. The number of para-hydroxylation sites is 2. The fourth-order valence-electron chi connectivity index (χ4n) is 5.20. The van der Waals surface area contributed by atoms with Crippen LogP contribution in [0.15, 0.2) is 72.8 Å². The first-order chi connectivity index (χ1) is 23.5. The summed E-state index contributed by atoms with van der Waals surface area (Å²) in [5.41, 5.74) is 2.42. The number of rotatable bonds is 14. The summed E-state index contributed by atoms with van der Waals surface area (Å²) in [6.07, 6.45) is 4.20. The van der Waals surface area contributed by atoms with Gasteiger partial charge in [-0.25, -0.2) is 0 Å². The molecule has 1 fully saturated rings. The molecule has 0 aliphatic carbocycles. The van der Waals surface area contributed by atoms with Gasteiger partial charge in [-0.3, -0.25) is 18.6 Å². The summed E-state index contributed by atoms with van der Waals surface area (Å²) in [7, 11) is 0.225. The molecule has 0 radical (unpaired) electrons.